The second kappa shape index (κ2) is 10.9. The third kappa shape index (κ3) is 5.35. The molecule has 2 aliphatic heterocycles. The lowest BCUT2D eigenvalue weighted by Crippen LogP contribution is -2.43. The molecule has 1 fully saturated rings. The molecule has 0 aromatic heterocycles. The number of phenolic OH excluding ortho intramolecular Hbond substituents is 1. The van der Waals surface area contributed by atoms with Crippen molar-refractivity contribution < 1.29 is 14.6 Å². The van der Waals surface area contributed by atoms with Crippen molar-refractivity contribution >= 4 is 5.78 Å². The minimum atomic E-state index is -0.159. The van der Waals surface area contributed by atoms with Gasteiger partial charge in [-0.05, 0) is 49.9 Å². The molecule has 2 atom stereocenters. The predicted molar refractivity (Wildman–Crippen MR) is 125 cm³/mol. The Morgan fingerprint density at radius 1 is 1.13 bits per heavy atom. The van der Waals surface area contributed by atoms with Crippen molar-refractivity contribution in [1.82, 2.24) is 4.90 Å². The molecule has 0 saturated carbocycles. The van der Waals surface area contributed by atoms with Crippen LogP contribution in [0.15, 0.2) is 42.5 Å². The molecule has 0 bridgehead atoms. The van der Waals surface area contributed by atoms with Crippen LogP contribution in [0.3, 0.4) is 0 Å². The number of aromatic hydroxyl groups is 1. The Morgan fingerprint density at radius 2 is 1.81 bits per heavy atom. The van der Waals surface area contributed by atoms with Crippen LogP contribution in [0.1, 0.15) is 59.8 Å². The summed E-state index contributed by atoms with van der Waals surface area (Å²) in [6, 6.07) is 13.5. The van der Waals surface area contributed by atoms with Crippen LogP contribution in [-0.4, -0.2) is 48.1 Å². The molecule has 2 aromatic carbocycles. The van der Waals surface area contributed by atoms with Gasteiger partial charge in [0, 0.05) is 24.1 Å². The summed E-state index contributed by atoms with van der Waals surface area (Å²) in [6.07, 6.45) is 2.62. The molecule has 2 unspecified atom stereocenters. The number of nitrogens with zero attached hydrogens (tertiary/aromatic N) is 1. The summed E-state index contributed by atoms with van der Waals surface area (Å²) in [7, 11) is 0. The molecule has 3 N–H and O–H groups in total. The number of carbonyl (C=O) groups is 1. The number of Topliss-reactive ketones (excluding diaryl/α,β-unsaturated/α-hetero) is 1. The summed E-state index contributed by atoms with van der Waals surface area (Å²) < 4.78 is 6.36. The van der Waals surface area contributed by atoms with Crippen LogP contribution in [-0.2, 0) is 11.2 Å². The molecule has 1 saturated heterocycles. The average molecular weight is 425 g/mol. The normalized spacial score (nSPS) is 21.7. The lowest BCUT2D eigenvalue weighted by molar-refractivity contribution is -0.0642. The molecule has 168 valence electrons. The monoisotopic (exact) mass is 424 g/mol. The quantitative estimate of drug-likeness (QED) is 0.702. The standard InChI is InChI=1S/C24H30N2O3.C2H6/c1-16-7-8-19-20(24(16)28)13-22(29-23(19)14-25)18-9-11-26(12-10-18)15-21(27)17-5-3-2-4-6-17;1-2/h2-8,18,22-23,28H,9-15,25H2,1H3;1-2H3. The van der Waals surface area contributed by atoms with E-state index in [1.165, 1.54) is 0 Å². The van der Waals surface area contributed by atoms with Gasteiger partial charge in [-0.1, -0.05) is 56.3 Å². The van der Waals surface area contributed by atoms with Crippen molar-refractivity contribution in [3.8, 4) is 5.75 Å². The number of hydrogen-bond acceptors (Lipinski definition) is 5. The van der Waals surface area contributed by atoms with Crippen LogP contribution < -0.4 is 5.73 Å². The highest BCUT2D eigenvalue weighted by Gasteiger charge is 2.35. The zero-order chi connectivity index (χ0) is 22.4. The molecule has 0 aliphatic carbocycles. The minimum Gasteiger partial charge on any atom is -0.507 e. The number of piperidine rings is 1. The average Bonchev–Trinajstić information content (AvgIpc) is 2.83. The van der Waals surface area contributed by atoms with Gasteiger partial charge in [0.2, 0.25) is 0 Å². The number of hydrogen-bond donors (Lipinski definition) is 2. The maximum atomic E-state index is 12.5. The van der Waals surface area contributed by atoms with Crippen molar-refractivity contribution in [1.29, 1.82) is 0 Å². The topological polar surface area (TPSA) is 75.8 Å². The highest BCUT2D eigenvalue weighted by atomic mass is 16.5. The first-order valence-corrected chi connectivity index (χ1v) is 11.5. The molecule has 0 amide bonds. The van der Waals surface area contributed by atoms with E-state index in [4.69, 9.17) is 10.5 Å². The number of fused-ring (bicyclic) bond motifs is 1. The maximum Gasteiger partial charge on any atom is 0.176 e. The summed E-state index contributed by atoms with van der Waals surface area (Å²) in [4.78, 5) is 14.7. The van der Waals surface area contributed by atoms with Crippen LogP contribution >= 0.6 is 0 Å². The van der Waals surface area contributed by atoms with E-state index >= 15 is 0 Å². The van der Waals surface area contributed by atoms with Gasteiger partial charge in [0.25, 0.3) is 0 Å². The molecule has 31 heavy (non-hydrogen) atoms. The molecule has 5 nitrogen and oxygen atoms in total. The Bertz CT molecular complexity index is 860. The number of phenols is 1. The summed E-state index contributed by atoms with van der Waals surface area (Å²) in [5.41, 5.74) is 9.68. The third-order valence-corrected chi connectivity index (χ3v) is 6.45. The smallest absolute Gasteiger partial charge is 0.176 e. The number of ketones is 1. The third-order valence-electron chi connectivity index (χ3n) is 6.45. The molecular weight excluding hydrogens is 388 g/mol. The van der Waals surface area contributed by atoms with Gasteiger partial charge < -0.3 is 15.6 Å². The van der Waals surface area contributed by atoms with Crippen molar-refractivity contribution in [3.05, 3.63) is 64.7 Å². The first-order chi connectivity index (χ1) is 15.1. The number of nitrogens with two attached hydrogens (primary N) is 1. The van der Waals surface area contributed by atoms with Gasteiger partial charge in [-0.15, -0.1) is 0 Å². The summed E-state index contributed by atoms with van der Waals surface area (Å²) in [5, 5.41) is 10.6. The largest absolute Gasteiger partial charge is 0.507 e. The van der Waals surface area contributed by atoms with Gasteiger partial charge >= 0.3 is 0 Å². The SMILES string of the molecule is CC.Cc1ccc2c(c1O)CC(C1CCN(CC(=O)c3ccccc3)CC1)OC2CN. The van der Waals surface area contributed by atoms with Crippen LogP contribution in [0.4, 0.5) is 0 Å². The Labute approximate surface area is 186 Å². The van der Waals surface area contributed by atoms with E-state index in [0.29, 0.717) is 24.8 Å². The zero-order valence-electron chi connectivity index (χ0n) is 19.0. The van der Waals surface area contributed by atoms with Gasteiger partial charge in [-0.3, -0.25) is 9.69 Å². The number of benzene rings is 2. The second-order valence-electron chi connectivity index (χ2n) is 8.30. The molecule has 2 heterocycles. The predicted octanol–water partition coefficient (Wildman–Crippen LogP) is 4.26. The van der Waals surface area contributed by atoms with E-state index in [1.54, 1.807) is 0 Å². The van der Waals surface area contributed by atoms with Gasteiger partial charge in [0.1, 0.15) is 5.75 Å². The van der Waals surface area contributed by atoms with E-state index in [-0.39, 0.29) is 18.0 Å². The molecule has 2 aliphatic rings. The molecule has 0 spiro atoms. The molecule has 0 radical (unpaired) electrons. The number of aryl methyl sites for hydroxylation is 1. The molecule has 4 rings (SSSR count). The summed E-state index contributed by atoms with van der Waals surface area (Å²) in [5.74, 6) is 0.982. The van der Waals surface area contributed by atoms with E-state index in [9.17, 15) is 9.90 Å². The van der Waals surface area contributed by atoms with E-state index in [0.717, 1.165) is 54.6 Å². The highest BCUT2D eigenvalue weighted by molar-refractivity contribution is 5.97. The lowest BCUT2D eigenvalue weighted by atomic mass is 9.83. The van der Waals surface area contributed by atoms with Crippen LogP contribution in [0.5, 0.6) is 5.75 Å². The molecule has 2 aromatic rings. The van der Waals surface area contributed by atoms with Crippen molar-refractivity contribution in [2.45, 2.75) is 52.2 Å². The number of ether oxygens (including phenoxy) is 1. The van der Waals surface area contributed by atoms with Gasteiger partial charge in [-0.2, -0.15) is 0 Å². The zero-order valence-corrected chi connectivity index (χ0v) is 19.0. The number of likely N-dealkylation sites (tertiary alicyclic amines) is 1. The minimum absolute atomic E-state index is 0.0655. The summed E-state index contributed by atoms with van der Waals surface area (Å²) >= 11 is 0. The maximum absolute atomic E-state index is 12.5. The Kier molecular flexibility index (Phi) is 8.24. The van der Waals surface area contributed by atoms with Crippen molar-refractivity contribution in [2.75, 3.05) is 26.2 Å². The van der Waals surface area contributed by atoms with Gasteiger partial charge in [0.15, 0.2) is 5.78 Å². The van der Waals surface area contributed by atoms with E-state index in [2.05, 4.69) is 4.90 Å². The first-order valence-electron chi connectivity index (χ1n) is 11.5. The number of rotatable bonds is 5. The highest BCUT2D eigenvalue weighted by Crippen LogP contribution is 2.40. The molecule has 5 heteroatoms. The Hall–Kier alpha value is -2.21. The Morgan fingerprint density at radius 3 is 2.45 bits per heavy atom. The fourth-order valence-corrected chi connectivity index (χ4v) is 4.68. The Balaban J connectivity index is 0.00000132. The second-order valence-corrected chi connectivity index (χ2v) is 8.30. The van der Waals surface area contributed by atoms with E-state index < -0.39 is 0 Å². The first kappa shape index (κ1) is 23.5. The fourth-order valence-electron chi connectivity index (χ4n) is 4.68. The van der Waals surface area contributed by atoms with Crippen molar-refractivity contribution in [3.63, 3.8) is 0 Å². The summed E-state index contributed by atoms with van der Waals surface area (Å²) in [6.45, 7) is 8.60. The van der Waals surface area contributed by atoms with Gasteiger partial charge in [0.05, 0.1) is 18.8 Å². The van der Waals surface area contributed by atoms with Crippen LogP contribution in [0.25, 0.3) is 0 Å². The van der Waals surface area contributed by atoms with E-state index in [1.807, 2.05) is 63.2 Å². The van der Waals surface area contributed by atoms with Crippen molar-refractivity contribution in [2.24, 2.45) is 11.7 Å². The lowest BCUT2D eigenvalue weighted by Gasteiger charge is -2.40. The van der Waals surface area contributed by atoms with Gasteiger partial charge in [-0.25, -0.2) is 0 Å². The van der Waals surface area contributed by atoms with Crippen LogP contribution in [0, 0.1) is 12.8 Å². The fraction of sp³-hybridized carbons (Fsp3) is 0.500. The number of carbonyl (C=O) groups excluding carboxylic acids is 1. The molecular formula is C26H36N2O3. The van der Waals surface area contributed by atoms with Crippen LogP contribution in [0.2, 0.25) is 0 Å².